The van der Waals surface area contributed by atoms with Gasteiger partial charge in [0.05, 0.1) is 16.7 Å². The maximum Gasteiger partial charge on any atom is 0.380 e. The van der Waals surface area contributed by atoms with Gasteiger partial charge < -0.3 is 13.6 Å². The number of nitriles is 1. The predicted molar refractivity (Wildman–Crippen MR) is 65.1 cm³/mol. The molecule has 7 heteroatoms. The van der Waals surface area contributed by atoms with Gasteiger partial charge in [0.15, 0.2) is 0 Å². The third-order valence-electron chi connectivity index (χ3n) is 1.72. The quantitative estimate of drug-likeness (QED) is 0.792. The van der Waals surface area contributed by atoms with Gasteiger partial charge in [-0.3, -0.25) is 0 Å². The highest BCUT2D eigenvalue weighted by Gasteiger charge is 2.19. The Morgan fingerprint density at radius 1 is 1.38 bits per heavy atom. The van der Waals surface area contributed by atoms with Gasteiger partial charge in [-0.25, -0.2) is 0 Å². The van der Waals surface area contributed by atoms with Crippen LogP contribution in [0.1, 0.15) is 5.56 Å². The normalized spacial score (nSPS) is 10.9. The first-order valence-electron chi connectivity index (χ1n) is 4.15. The van der Waals surface area contributed by atoms with Crippen LogP contribution in [-0.4, -0.2) is 14.2 Å². The van der Waals surface area contributed by atoms with Gasteiger partial charge in [0.25, 0.3) is 0 Å². The standard InChI is InChI=1S/C9H9ClNO3PS/c1-12-15(16,13-2)14-9-4-3-7(6-11)5-8(9)10/h3-5H,1-2H3. The van der Waals surface area contributed by atoms with Crippen molar-refractivity contribution in [3.05, 3.63) is 28.8 Å². The topological polar surface area (TPSA) is 51.5 Å². The van der Waals surface area contributed by atoms with Crippen LogP contribution in [0.3, 0.4) is 0 Å². The van der Waals surface area contributed by atoms with Crippen LogP contribution in [0.15, 0.2) is 18.2 Å². The Morgan fingerprint density at radius 3 is 2.44 bits per heavy atom. The average Bonchev–Trinajstić information content (AvgIpc) is 2.31. The van der Waals surface area contributed by atoms with Gasteiger partial charge >= 0.3 is 6.72 Å². The molecule has 0 aliphatic rings. The summed E-state index contributed by atoms with van der Waals surface area (Å²) in [4.78, 5) is 0. The van der Waals surface area contributed by atoms with Crippen molar-refractivity contribution in [1.82, 2.24) is 0 Å². The zero-order valence-corrected chi connectivity index (χ0v) is 11.1. The van der Waals surface area contributed by atoms with Crippen LogP contribution >= 0.6 is 18.3 Å². The number of hydrogen-bond acceptors (Lipinski definition) is 5. The number of hydrogen-bond donors (Lipinski definition) is 0. The predicted octanol–water partition coefficient (Wildman–Crippen LogP) is 3.11. The van der Waals surface area contributed by atoms with Crippen molar-refractivity contribution in [3.8, 4) is 11.8 Å². The van der Waals surface area contributed by atoms with Crippen molar-refractivity contribution in [2.24, 2.45) is 0 Å². The lowest BCUT2D eigenvalue weighted by Gasteiger charge is -2.18. The SMILES string of the molecule is COP(=S)(OC)Oc1ccc(C#N)cc1Cl. The van der Waals surface area contributed by atoms with Gasteiger partial charge in [0, 0.05) is 26.0 Å². The summed E-state index contributed by atoms with van der Waals surface area (Å²) in [6.07, 6.45) is 0. The Balaban J connectivity index is 2.99. The second-order valence-electron chi connectivity index (χ2n) is 2.66. The van der Waals surface area contributed by atoms with E-state index in [1.54, 1.807) is 12.1 Å². The lowest BCUT2D eigenvalue weighted by atomic mass is 10.2. The first-order valence-corrected chi connectivity index (χ1v) is 7.09. The number of halogens is 1. The Morgan fingerprint density at radius 2 is 2.00 bits per heavy atom. The molecule has 0 N–H and O–H groups in total. The molecule has 0 spiro atoms. The second-order valence-corrected chi connectivity index (χ2v) is 6.22. The largest absolute Gasteiger partial charge is 0.423 e. The van der Waals surface area contributed by atoms with Gasteiger partial charge in [-0.15, -0.1) is 0 Å². The summed E-state index contributed by atoms with van der Waals surface area (Å²) in [6.45, 7) is -2.79. The van der Waals surface area contributed by atoms with Gasteiger partial charge in [0.2, 0.25) is 0 Å². The van der Waals surface area contributed by atoms with Crippen LogP contribution in [0.2, 0.25) is 5.02 Å². The molecule has 0 radical (unpaired) electrons. The van der Waals surface area contributed by atoms with Gasteiger partial charge in [0.1, 0.15) is 5.75 Å². The summed E-state index contributed by atoms with van der Waals surface area (Å²) in [7, 11) is 2.81. The zero-order chi connectivity index (χ0) is 12.2. The summed E-state index contributed by atoms with van der Waals surface area (Å²) in [5, 5.41) is 8.96. The smallest absolute Gasteiger partial charge is 0.380 e. The molecule has 0 saturated carbocycles. The number of nitrogens with zero attached hydrogens (tertiary/aromatic N) is 1. The van der Waals surface area contributed by atoms with Crippen LogP contribution in [-0.2, 0) is 20.9 Å². The molecular weight excluding hydrogens is 269 g/mol. The van der Waals surface area contributed by atoms with Crippen LogP contribution in [0.5, 0.6) is 5.75 Å². The lowest BCUT2D eigenvalue weighted by molar-refractivity contribution is 0.273. The van der Waals surface area contributed by atoms with Crippen LogP contribution in [0.25, 0.3) is 0 Å². The van der Waals surface area contributed by atoms with E-state index < -0.39 is 6.72 Å². The van der Waals surface area contributed by atoms with E-state index in [1.807, 2.05) is 6.07 Å². The van der Waals surface area contributed by atoms with E-state index in [1.165, 1.54) is 20.3 Å². The van der Waals surface area contributed by atoms with Crippen molar-refractivity contribution in [3.63, 3.8) is 0 Å². The Hall–Kier alpha value is -0.630. The minimum atomic E-state index is -2.79. The molecule has 1 aromatic carbocycles. The first-order chi connectivity index (χ1) is 7.54. The molecule has 0 amide bonds. The highest BCUT2D eigenvalue weighted by Crippen LogP contribution is 2.49. The van der Waals surface area contributed by atoms with Gasteiger partial charge in [-0.1, -0.05) is 11.6 Å². The Labute approximate surface area is 104 Å². The van der Waals surface area contributed by atoms with E-state index in [0.717, 1.165) is 0 Å². The van der Waals surface area contributed by atoms with Crippen LogP contribution in [0.4, 0.5) is 0 Å². The highest BCUT2D eigenvalue weighted by molar-refractivity contribution is 8.07. The molecule has 0 unspecified atom stereocenters. The maximum atomic E-state index is 8.67. The Kier molecular flexibility index (Phi) is 4.72. The third kappa shape index (κ3) is 3.18. The molecule has 0 aliphatic carbocycles. The molecule has 86 valence electrons. The summed E-state index contributed by atoms with van der Waals surface area (Å²) in [6, 6.07) is 6.59. The third-order valence-corrected chi connectivity index (χ3v) is 4.45. The Bertz CT molecular complexity index is 466. The van der Waals surface area contributed by atoms with E-state index in [0.29, 0.717) is 16.3 Å². The zero-order valence-electron chi connectivity index (χ0n) is 8.64. The summed E-state index contributed by atoms with van der Waals surface area (Å²) in [5.74, 6) is 0.340. The molecule has 0 aromatic heterocycles. The second kappa shape index (κ2) is 5.62. The molecule has 1 aromatic rings. The van der Waals surface area contributed by atoms with Crippen molar-refractivity contribution in [2.75, 3.05) is 14.2 Å². The monoisotopic (exact) mass is 277 g/mol. The minimum absolute atomic E-state index is 0.294. The highest BCUT2D eigenvalue weighted by atomic mass is 35.5. The van der Waals surface area contributed by atoms with E-state index >= 15 is 0 Å². The molecule has 1 rings (SSSR count). The fourth-order valence-electron chi connectivity index (χ4n) is 0.914. The molecule has 0 saturated heterocycles. The van der Waals surface area contributed by atoms with Gasteiger partial charge in [-0.2, -0.15) is 5.26 Å². The van der Waals surface area contributed by atoms with E-state index in [4.69, 9.17) is 42.2 Å². The summed E-state index contributed by atoms with van der Waals surface area (Å²) >= 11 is 10.9. The van der Waals surface area contributed by atoms with Crippen molar-refractivity contribution in [2.45, 2.75) is 0 Å². The lowest BCUT2D eigenvalue weighted by Crippen LogP contribution is -1.97. The number of benzene rings is 1. The molecular formula is C9H9ClNO3PS. The fraction of sp³-hybridized carbons (Fsp3) is 0.222. The molecule has 0 heterocycles. The van der Waals surface area contributed by atoms with Crippen molar-refractivity contribution in [1.29, 1.82) is 5.26 Å². The molecule has 4 nitrogen and oxygen atoms in total. The van der Waals surface area contributed by atoms with Crippen molar-refractivity contribution >= 4 is 30.1 Å². The first kappa shape index (κ1) is 13.4. The van der Waals surface area contributed by atoms with E-state index in [-0.39, 0.29) is 0 Å². The molecule has 0 fully saturated rings. The maximum absolute atomic E-state index is 8.67. The van der Waals surface area contributed by atoms with Crippen LogP contribution < -0.4 is 4.52 Å². The molecule has 0 atom stereocenters. The molecule has 0 bridgehead atoms. The van der Waals surface area contributed by atoms with Gasteiger partial charge in [-0.05, 0) is 18.2 Å². The summed E-state index contributed by atoms with van der Waals surface area (Å²) in [5.41, 5.74) is 0.445. The summed E-state index contributed by atoms with van der Waals surface area (Å²) < 4.78 is 15.3. The van der Waals surface area contributed by atoms with Crippen molar-refractivity contribution < 1.29 is 13.6 Å². The molecule has 16 heavy (non-hydrogen) atoms. The average molecular weight is 278 g/mol. The fourth-order valence-corrected chi connectivity index (χ4v) is 2.13. The molecule has 0 aliphatic heterocycles. The van der Waals surface area contributed by atoms with E-state index in [2.05, 4.69) is 0 Å². The number of rotatable bonds is 4. The van der Waals surface area contributed by atoms with E-state index in [9.17, 15) is 0 Å². The van der Waals surface area contributed by atoms with Crippen LogP contribution in [0, 0.1) is 11.3 Å². The minimum Gasteiger partial charge on any atom is -0.423 e.